The minimum Gasteiger partial charge on any atom is -0.390 e. The van der Waals surface area contributed by atoms with Crippen molar-refractivity contribution in [1.82, 2.24) is 9.80 Å². The van der Waals surface area contributed by atoms with Crippen LogP contribution in [-0.2, 0) is 4.74 Å². The molecule has 156 valence electrons. The number of piperazine rings is 1. The third-order valence-corrected chi connectivity index (χ3v) is 6.56. The first-order valence-electron chi connectivity index (χ1n) is 10.5. The Morgan fingerprint density at radius 2 is 1.59 bits per heavy atom. The Kier molecular flexibility index (Phi) is 7.21. The molecule has 2 atom stereocenters. The molecule has 2 aliphatic rings. The fraction of sp³-hybridized carbons (Fsp3) is 0.478. The number of aliphatic hydroxyl groups is 1. The SMILES string of the molecule is OC(CN1CCN(c2ccccc2)CC1)CN1CCOC(c2ccccc2Br)C1. The highest BCUT2D eigenvalue weighted by atomic mass is 79.9. The fourth-order valence-corrected chi connectivity index (χ4v) is 4.81. The average Bonchev–Trinajstić information content (AvgIpc) is 2.75. The summed E-state index contributed by atoms with van der Waals surface area (Å²) in [6.45, 7) is 7.85. The molecule has 2 aromatic carbocycles. The molecular formula is C23H30BrN3O2. The van der Waals surface area contributed by atoms with Gasteiger partial charge in [-0.25, -0.2) is 0 Å². The molecule has 2 fully saturated rings. The summed E-state index contributed by atoms with van der Waals surface area (Å²) in [4.78, 5) is 7.14. The molecule has 0 saturated carbocycles. The van der Waals surface area contributed by atoms with Crippen LogP contribution >= 0.6 is 15.9 Å². The fourth-order valence-electron chi connectivity index (χ4n) is 4.27. The summed E-state index contributed by atoms with van der Waals surface area (Å²) < 4.78 is 7.08. The van der Waals surface area contributed by atoms with E-state index >= 15 is 0 Å². The van der Waals surface area contributed by atoms with Crippen LogP contribution in [0.2, 0.25) is 0 Å². The van der Waals surface area contributed by atoms with Crippen LogP contribution in [0.3, 0.4) is 0 Å². The van der Waals surface area contributed by atoms with Gasteiger partial charge in [-0.2, -0.15) is 0 Å². The Morgan fingerprint density at radius 3 is 2.34 bits per heavy atom. The number of para-hydroxylation sites is 1. The zero-order chi connectivity index (χ0) is 20.1. The Hall–Kier alpha value is -1.44. The van der Waals surface area contributed by atoms with Gasteiger partial charge >= 0.3 is 0 Å². The van der Waals surface area contributed by atoms with Gasteiger partial charge in [0.15, 0.2) is 0 Å². The van der Waals surface area contributed by atoms with Crippen molar-refractivity contribution in [3.63, 3.8) is 0 Å². The molecule has 4 rings (SSSR count). The van der Waals surface area contributed by atoms with E-state index in [9.17, 15) is 5.11 Å². The Labute approximate surface area is 182 Å². The number of β-amino-alcohol motifs (C(OH)–C–C–N with tert-alkyl or cyclic N) is 1. The lowest BCUT2D eigenvalue weighted by molar-refractivity contribution is -0.0452. The number of ether oxygens (including phenoxy) is 1. The smallest absolute Gasteiger partial charge is 0.0963 e. The molecule has 0 spiro atoms. The van der Waals surface area contributed by atoms with Crippen LogP contribution < -0.4 is 4.90 Å². The largest absolute Gasteiger partial charge is 0.390 e. The number of halogens is 1. The van der Waals surface area contributed by atoms with Gasteiger partial charge in [-0.3, -0.25) is 9.80 Å². The minimum atomic E-state index is -0.337. The van der Waals surface area contributed by atoms with Crippen LogP contribution in [0, 0.1) is 0 Å². The van der Waals surface area contributed by atoms with Gasteiger partial charge in [0, 0.05) is 62.5 Å². The Balaban J connectivity index is 1.24. The lowest BCUT2D eigenvalue weighted by atomic mass is 10.1. The third kappa shape index (κ3) is 5.58. The summed E-state index contributed by atoms with van der Waals surface area (Å²) in [6, 6.07) is 18.8. The van der Waals surface area contributed by atoms with E-state index in [4.69, 9.17) is 4.74 Å². The van der Waals surface area contributed by atoms with Crippen LogP contribution in [0.1, 0.15) is 11.7 Å². The first-order valence-corrected chi connectivity index (χ1v) is 11.3. The molecule has 2 aromatic rings. The van der Waals surface area contributed by atoms with Gasteiger partial charge in [-0.1, -0.05) is 52.3 Å². The molecule has 6 heteroatoms. The predicted octanol–water partition coefficient (Wildman–Crippen LogP) is 3.01. The van der Waals surface area contributed by atoms with Crippen molar-refractivity contribution in [2.75, 3.05) is 63.9 Å². The van der Waals surface area contributed by atoms with Crippen molar-refractivity contribution in [3.8, 4) is 0 Å². The summed E-state index contributed by atoms with van der Waals surface area (Å²) in [6.07, 6.45) is -0.280. The quantitative estimate of drug-likeness (QED) is 0.718. The van der Waals surface area contributed by atoms with E-state index < -0.39 is 0 Å². The van der Waals surface area contributed by atoms with E-state index in [1.807, 2.05) is 12.1 Å². The highest BCUT2D eigenvalue weighted by Gasteiger charge is 2.26. The second-order valence-electron chi connectivity index (χ2n) is 7.92. The molecule has 0 aliphatic carbocycles. The second-order valence-corrected chi connectivity index (χ2v) is 8.77. The highest BCUT2D eigenvalue weighted by molar-refractivity contribution is 9.10. The van der Waals surface area contributed by atoms with Crippen molar-refractivity contribution < 1.29 is 9.84 Å². The number of hydrogen-bond acceptors (Lipinski definition) is 5. The standard InChI is InChI=1S/C23H30BrN3O2/c24-22-9-5-4-8-21(22)23-18-26(14-15-29-23)17-20(28)16-25-10-12-27(13-11-25)19-6-2-1-3-7-19/h1-9,20,23,28H,10-18H2. The van der Waals surface area contributed by atoms with Crippen LogP contribution in [-0.4, -0.2) is 80.0 Å². The number of hydrogen-bond donors (Lipinski definition) is 1. The molecule has 29 heavy (non-hydrogen) atoms. The highest BCUT2D eigenvalue weighted by Crippen LogP contribution is 2.28. The number of rotatable bonds is 6. The monoisotopic (exact) mass is 459 g/mol. The van der Waals surface area contributed by atoms with E-state index in [1.54, 1.807) is 0 Å². The number of nitrogens with zero attached hydrogens (tertiary/aromatic N) is 3. The van der Waals surface area contributed by atoms with Crippen molar-refractivity contribution in [3.05, 3.63) is 64.6 Å². The van der Waals surface area contributed by atoms with Crippen molar-refractivity contribution >= 4 is 21.6 Å². The number of morpholine rings is 1. The van der Waals surface area contributed by atoms with Crippen LogP contribution in [0.25, 0.3) is 0 Å². The maximum atomic E-state index is 10.7. The average molecular weight is 460 g/mol. The Bertz CT molecular complexity index is 768. The van der Waals surface area contributed by atoms with Gasteiger partial charge in [0.1, 0.15) is 0 Å². The van der Waals surface area contributed by atoms with E-state index in [2.05, 4.69) is 73.1 Å². The number of benzene rings is 2. The van der Waals surface area contributed by atoms with Crippen molar-refractivity contribution in [2.24, 2.45) is 0 Å². The summed E-state index contributed by atoms with van der Waals surface area (Å²) in [7, 11) is 0. The molecule has 0 radical (unpaired) electrons. The molecule has 0 bridgehead atoms. The van der Waals surface area contributed by atoms with Crippen molar-refractivity contribution in [2.45, 2.75) is 12.2 Å². The van der Waals surface area contributed by atoms with E-state index in [0.717, 1.165) is 50.3 Å². The molecule has 5 nitrogen and oxygen atoms in total. The van der Waals surface area contributed by atoms with Crippen LogP contribution in [0.5, 0.6) is 0 Å². The third-order valence-electron chi connectivity index (χ3n) is 5.83. The van der Waals surface area contributed by atoms with E-state index in [0.29, 0.717) is 13.2 Å². The van der Waals surface area contributed by atoms with Gasteiger partial charge in [-0.15, -0.1) is 0 Å². The zero-order valence-corrected chi connectivity index (χ0v) is 18.4. The second kappa shape index (κ2) is 10.0. The Morgan fingerprint density at radius 1 is 0.897 bits per heavy atom. The maximum Gasteiger partial charge on any atom is 0.0963 e. The number of anilines is 1. The maximum absolute atomic E-state index is 10.7. The van der Waals surface area contributed by atoms with Gasteiger partial charge in [0.2, 0.25) is 0 Å². The van der Waals surface area contributed by atoms with Crippen LogP contribution in [0.4, 0.5) is 5.69 Å². The molecule has 2 heterocycles. The molecule has 2 aliphatic heterocycles. The van der Waals surface area contributed by atoms with Gasteiger partial charge < -0.3 is 14.7 Å². The summed E-state index contributed by atoms with van der Waals surface area (Å²) in [5.41, 5.74) is 2.47. The normalized spacial score (nSPS) is 22.6. The topological polar surface area (TPSA) is 39.2 Å². The van der Waals surface area contributed by atoms with Gasteiger partial charge in [0.25, 0.3) is 0 Å². The van der Waals surface area contributed by atoms with E-state index in [1.165, 1.54) is 11.3 Å². The first-order chi connectivity index (χ1) is 14.2. The van der Waals surface area contributed by atoms with E-state index in [-0.39, 0.29) is 12.2 Å². The van der Waals surface area contributed by atoms with Gasteiger partial charge in [0.05, 0.1) is 18.8 Å². The molecular weight excluding hydrogens is 430 g/mol. The lowest BCUT2D eigenvalue weighted by Gasteiger charge is -2.38. The summed E-state index contributed by atoms with van der Waals surface area (Å²) in [5.74, 6) is 0. The summed E-state index contributed by atoms with van der Waals surface area (Å²) in [5, 5.41) is 10.7. The first kappa shape index (κ1) is 20.8. The molecule has 2 unspecified atom stereocenters. The molecule has 1 N–H and O–H groups in total. The summed E-state index contributed by atoms with van der Waals surface area (Å²) >= 11 is 3.63. The predicted molar refractivity (Wildman–Crippen MR) is 120 cm³/mol. The van der Waals surface area contributed by atoms with Crippen LogP contribution in [0.15, 0.2) is 59.1 Å². The molecule has 2 saturated heterocycles. The number of aliphatic hydroxyl groups excluding tert-OH is 1. The lowest BCUT2D eigenvalue weighted by Crippen LogP contribution is -2.51. The van der Waals surface area contributed by atoms with Gasteiger partial charge in [-0.05, 0) is 23.8 Å². The zero-order valence-electron chi connectivity index (χ0n) is 16.8. The minimum absolute atomic E-state index is 0.0564. The van der Waals surface area contributed by atoms with Crippen molar-refractivity contribution in [1.29, 1.82) is 0 Å². The molecule has 0 amide bonds. The molecule has 0 aromatic heterocycles.